The first-order valence-electron chi connectivity index (χ1n) is 6.84. The van der Waals surface area contributed by atoms with Crippen molar-refractivity contribution in [1.82, 2.24) is 20.0 Å². The number of aryl methyl sites for hydroxylation is 2. The van der Waals surface area contributed by atoms with Gasteiger partial charge in [-0.05, 0) is 26.7 Å². The molecule has 1 saturated carbocycles. The summed E-state index contributed by atoms with van der Waals surface area (Å²) in [6.45, 7) is 3.49. The van der Waals surface area contributed by atoms with Gasteiger partial charge in [0, 0.05) is 6.20 Å². The van der Waals surface area contributed by atoms with Crippen LogP contribution in [0.5, 0.6) is 0 Å². The van der Waals surface area contributed by atoms with Gasteiger partial charge in [-0.1, -0.05) is 24.2 Å². The van der Waals surface area contributed by atoms with E-state index in [0.29, 0.717) is 16.7 Å². The van der Waals surface area contributed by atoms with Crippen molar-refractivity contribution in [3.8, 4) is 0 Å². The Morgan fingerprint density at radius 2 is 2.00 bits per heavy atom. The van der Waals surface area contributed by atoms with Crippen molar-refractivity contribution < 1.29 is 8.42 Å². The molecule has 9 heteroatoms. The maximum Gasteiger partial charge on any atom is 0.267 e. The number of nitrogens with one attached hydrogen (secondary N) is 1. The number of nitrogens with zero attached hydrogens (tertiary/aromatic N) is 4. The molecule has 0 aromatic carbocycles. The van der Waals surface area contributed by atoms with Crippen molar-refractivity contribution >= 4 is 26.5 Å². The average Bonchev–Trinajstić information content (AvgIpc) is 3.09. The number of hydrogen-bond acceptors (Lipinski definition) is 6. The van der Waals surface area contributed by atoms with Crippen LogP contribution in [-0.2, 0) is 10.0 Å². The molecule has 0 amide bonds. The second-order valence-corrected chi connectivity index (χ2v) is 8.06. The third-order valence-corrected chi connectivity index (χ3v) is 5.93. The molecule has 0 aliphatic heterocycles. The van der Waals surface area contributed by atoms with Gasteiger partial charge in [-0.3, -0.25) is 9.40 Å². The van der Waals surface area contributed by atoms with Gasteiger partial charge in [0.2, 0.25) is 5.13 Å². The van der Waals surface area contributed by atoms with E-state index < -0.39 is 10.0 Å². The molecule has 21 heavy (non-hydrogen) atoms. The average molecular weight is 327 g/mol. The van der Waals surface area contributed by atoms with Crippen LogP contribution in [0.2, 0.25) is 0 Å². The van der Waals surface area contributed by atoms with E-state index in [2.05, 4.69) is 20.0 Å². The maximum atomic E-state index is 12.4. The van der Waals surface area contributed by atoms with Crippen LogP contribution in [0.3, 0.4) is 0 Å². The molecular formula is C12H17N5O2S2. The summed E-state index contributed by atoms with van der Waals surface area (Å²) in [6.07, 6.45) is 6.09. The van der Waals surface area contributed by atoms with E-state index >= 15 is 0 Å². The van der Waals surface area contributed by atoms with Gasteiger partial charge in [0.25, 0.3) is 10.0 Å². The van der Waals surface area contributed by atoms with Crippen molar-refractivity contribution in [3.63, 3.8) is 0 Å². The summed E-state index contributed by atoms with van der Waals surface area (Å²) in [4.78, 5) is 0.210. The molecule has 1 aliphatic carbocycles. The van der Waals surface area contributed by atoms with E-state index in [1.807, 2.05) is 0 Å². The molecule has 2 heterocycles. The molecule has 1 aliphatic rings. The molecule has 2 aromatic heterocycles. The molecule has 0 bridgehead atoms. The molecular weight excluding hydrogens is 310 g/mol. The van der Waals surface area contributed by atoms with Gasteiger partial charge >= 0.3 is 0 Å². The zero-order chi connectivity index (χ0) is 15.0. The van der Waals surface area contributed by atoms with Crippen LogP contribution in [0.15, 0.2) is 11.1 Å². The Morgan fingerprint density at radius 1 is 1.29 bits per heavy atom. The lowest BCUT2D eigenvalue weighted by atomic mass is 10.3. The quantitative estimate of drug-likeness (QED) is 0.930. The third kappa shape index (κ3) is 2.93. The molecule has 0 unspecified atom stereocenters. The summed E-state index contributed by atoms with van der Waals surface area (Å²) in [5.74, 6) is 0. The topological polar surface area (TPSA) is 89.8 Å². The van der Waals surface area contributed by atoms with Gasteiger partial charge in [0.05, 0.1) is 11.7 Å². The van der Waals surface area contributed by atoms with Crippen LogP contribution in [0.25, 0.3) is 0 Å². The molecule has 7 nitrogen and oxygen atoms in total. The van der Waals surface area contributed by atoms with Crippen molar-refractivity contribution in [2.45, 2.75) is 50.5 Å². The Bertz CT molecular complexity index is 744. The summed E-state index contributed by atoms with van der Waals surface area (Å²) in [5, 5.41) is 13.0. The molecule has 114 valence electrons. The molecule has 3 rings (SSSR count). The fourth-order valence-electron chi connectivity index (χ4n) is 2.59. The Morgan fingerprint density at radius 3 is 2.62 bits per heavy atom. The smallest absolute Gasteiger partial charge is 0.267 e. The minimum Gasteiger partial charge on any atom is -0.268 e. The highest BCUT2D eigenvalue weighted by molar-refractivity contribution is 7.93. The number of rotatable bonds is 4. The number of sulfonamides is 1. The highest BCUT2D eigenvalue weighted by Crippen LogP contribution is 2.30. The van der Waals surface area contributed by atoms with Crippen LogP contribution in [0.4, 0.5) is 5.13 Å². The predicted molar refractivity (Wildman–Crippen MR) is 79.9 cm³/mol. The van der Waals surface area contributed by atoms with Gasteiger partial charge in [0.15, 0.2) is 0 Å². The Hall–Kier alpha value is -1.48. The number of aromatic nitrogens is 4. The fraction of sp³-hybridized carbons (Fsp3) is 0.583. The summed E-state index contributed by atoms with van der Waals surface area (Å²) in [7, 11) is -3.66. The minimum absolute atomic E-state index is 0.210. The van der Waals surface area contributed by atoms with Crippen molar-refractivity contribution in [2.24, 2.45) is 0 Å². The van der Waals surface area contributed by atoms with Gasteiger partial charge in [-0.15, -0.1) is 10.2 Å². The molecule has 1 N–H and O–H groups in total. The lowest BCUT2D eigenvalue weighted by Gasteiger charge is -2.08. The number of hydrogen-bond donors (Lipinski definition) is 1. The highest BCUT2D eigenvalue weighted by Gasteiger charge is 2.25. The summed E-state index contributed by atoms with van der Waals surface area (Å²) in [5.41, 5.74) is 0.510. The van der Waals surface area contributed by atoms with Gasteiger partial charge in [-0.25, -0.2) is 8.42 Å². The lowest BCUT2D eigenvalue weighted by Crippen LogP contribution is -2.13. The van der Waals surface area contributed by atoms with E-state index in [0.717, 1.165) is 12.8 Å². The monoisotopic (exact) mass is 327 g/mol. The van der Waals surface area contributed by atoms with Crippen LogP contribution in [-0.4, -0.2) is 28.4 Å². The molecule has 0 saturated heterocycles. The molecule has 2 aromatic rings. The van der Waals surface area contributed by atoms with Crippen molar-refractivity contribution in [1.29, 1.82) is 0 Å². The van der Waals surface area contributed by atoms with E-state index in [9.17, 15) is 8.42 Å². The van der Waals surface area contributed by atoms with Crippen molar-refractivity contribution in [3.05, 3.63) is 16.9 Å². The van der Waals surface area contributed by atoms with E-state index in [4.69, 9.17) is 0 Å². The number of anilines is 1. The van der Waals surface area contributed by atoms with Crippen LogP contribution < -0.4 is 4.72 Å². The fourth-order valence-corrected chi connectivity index (χ4v) is 4.59. The van der Waals surface area contributed by atoms with Gasteiger partial charge < -0.3 is 0 Å². The summed E-state index contributed by atoms with van der Waals surface area (Å²) >= 11 is 1.21. The largest absolute Gasteiger partial charge is 0.268 e. The minimum atomic E-state index is -3.66. The van der Waals surface area contributed by atoms with Gasteiger partial charge in [-0.2, -0.15) is 5.10 Å². The Kier molecular flexibility index (Phi) is 3.70. The lowest BCUT2D eigenvalue weighted by molar-refractivity contribution is 0.464. The second kappa shape index (κ2) is 5.38. The molecule has 0 spiro atoms. The van der Waals surface area contributed by atoms with E-state index in [1.165, 1.54) is 24.2 Å². The Labute approximate surface area is 127 Å². The predicted octanol–water partition coefficient (Wildman–Crippen LogP) is 2.27. The van der Waals surface area contributed by atoms with Crippen molar-refractivity contribution in [2.75, 3.05) is 4.72 Å². The first kappa shape index (κ1) is 14.5. The van der Waals surface area contributed by atoms with Crippen LogP contribution in [0.1, 0.15) is 42.4 Å². The zero-order valence-corrected chi connectivity index (χ0v) is 13.5. The Balaban J connectivity index is 1.88. The van der Waals surface area contributed by atoms with E-state index in [1.54, 1.807) is 24.7 Å². The molecule has 0 radical (unpaired) electrons. The second-order valence-electron chi connectivity index (χ2n) is 5.23. The first-order valence-corrected chi connectivity index (χ1v) is 9.14. The van der Waals surface area contributed by atoms with Crippen LogP contribution >= 0.6 is 11.3 Å². The molecule has 0 atom stereocenters. The maximum absolute atomic E-state index is 12.4. The van der Waals surface area contributed by atoms with Crippen LogP contribution in [0, 0.1) is 13.8 Å². The zero-order valence-electron chi connectivity index (χ0n) is 11.9. The van der Waals surface area contributed by atoms with E-state index in [-0.39, 0.29) is 10.0 Å². The normalized spacial score (nSPS) is 16.5. The van der Waals surface area contributed by atoms with Gasteiger partial charge in [0.1, 0.15) is 9.90 Å². The summed E-state index contributed by atoms with van der Waals surface area (Å²) < 4.78 is 29.1. The third-order valence-electron chi connectivity index (χ3n) is 3.61. The highest BCUT2D eigenvalue weighted by atomic mass is 32.2. The molecule has 1 fully saturated rings. The first-order chi connectivity index (χ1) is 9.95. The SMILES string of the molecule is Cc1nnc(NS(=O)(=O)c2cn(C3CCCC3)nc2C)s1. The standard InChI is InChI=1S/C12H17N5O2S2/c1-8-11(7-17(15-8)10-5-3-4-6-10)21(18,19)16-12-14-13-9(2)20-12/h7,10H,3-6H2,1-2H3,(H,14,16). The summed E-state index contributed by atoms with van der Waals surface area (Å²) in [6, 6.07) is 0.316.